The Balaban J connectivity index is 1.71. The molecule has 0 unspecified atom stereocenters. The highest BCUT2D eigenvalue weighted by atomic mass is 16.7. The van der Waals surface area contributed by atoms with Gasteiger partial charge in [-0.1, -0.05) is 0 Å². The van der Waals surface area contributed by atoms with Crippen LogP contribution >= 0.6 is 0 Å². The molecule has 0 saturated heterocycles. The van der Waals surface area contributed by atoms with E-state index in [1.165, 1.54) is 0 Å². The van der Waals surface area contributed by atoms with E-state index in [9.17, 15) is 4.79 Å². The van der Waals surface area contributed by atoms with Crippen molar-refractivity contribution in [2.24, 2.45) is 0 Å². The van der Waals surface area contributed by atoms with Crippen LogP contribution in [0.5, 0.6) is 17.2 Å². The summed E-state index contributed by atoms with van der Waals surface area (Å²) in [6.07, 6.45) is 4.30. The molecule has 19 heavy (non-hydrogen) atoms. The summed E-state index contributed by atoms with van der Waals surface area (Å²) >= 11 is 0. The van der Waals surface area contributed by atoms with Crippen molar-refractivity contribution < 1.29 is 19.0 Å². The zero-order valence-electron chi connectivity index (χ0n) is 10.1. The van der Waals surface area contributed by atoms with Gasteiger partial charge in [0, 0.05) is 18.5 Å². The molecule has 1 aromatic heterocycles. The van der Waals surface area contributed by atoms with Gasteiger partial charge in [-0.15, -0.1) is 0 Å². The molecule has 0 aliphatic carbocycles. The van der Waals surface area contributed by atoms with Crippen LogP contribution in [-0.2, 0) is 6.54 Å². The van der Waals surface area contributed by atoms with Crippen molar-refractivity contribution >= 4 is 6.29 Å². The smallest absolute Gasteiger partial charge is 0.231 e. The zero-order valence-corrected chi connectivity index (χ0v) is 10.1. The number of hydrogen-bond acceptors (Lipinski definition) is 5. The molecular formula is C13H12N2O4. The van der Waals surface area contributed by atoms with E-state index in [2.05, 4.69) is 5.10 Å². The largest absolute Gasteiger partial charge is 0.491 e. The highest BCUT2D eigenvalue weighted by molar-refractivity contribution is 5.81. The Bertz CT molecular complexity index is 581. The van der Waals surface area contributed by atoms with Gasteiger partial charge >= 0.3 is 0 Å². The van der Waals surface area contributed by atoms with Crippen molar-refractivity contribution in [3.05, 3.63) is 36.2 Å². The second kappa shape index (κ2) is 5.01. The molecular weight excluding hydrogens is 248 g/mol. The van der Waals surface area contributed by atoms with E-state index in [1.54, 1.807) is 23.0 Å². The van der Waals surface area contributed by atoms with Gasteiger partial charge in [0.15, 0.2) is 17.8 Å². The molecule has 1 aliphatic rings. The van der Waals surface area contributed by atoms with Crippen molar-refractivity contribution in [3.8, 4) is 17.2 Å². The Hall–Kier alpha value is -2.50. The minimum absolute atomic E-state index is 0.171. The number of carbonyl (C=O) groups excluding carboxylic acids is 1. The Kier molecular flexibility index (Phi) is 3.06. The van der Waals surface area contributed by atoms with Crippen LogP contribution in [-0.4, -0.2) is 29.5 Å². The standard InChI is InChI=1S/C13H12N2O4/c16-8-10-6-12-13(19-9-18-12)7-11(10)17-5-4-15-3-1-2-14-15/h1-3,6-8H,4-5,9H2. The number of nitrogens with zero attached hydrogens (tertiary/aromatic N) is 2. The maximum atomic E-state index is 11.0. The summed E-state index contributed by atoms with van der Waals surface area (Å²) in [5, 5.41) is 4.07. The Morgan fingerprint density at radius 1 is 1.37 bits per heavy atom. The lowest BCUT2D eigenvalue weighted by molar-refractivity contribution is 0.111. The average molecular weight is 260 g/mol. The lowest BCUT2D eigenvalue weighted by Crippen LogP contribution is -2.09. The fourth-order valence-corrected chi connectivity index (χ4v) is 1.84. The quantitative estimate of drug-likeness (QED) is 0.762. The van der Waals surface area contributed by atoms with Crippen LogP contribution in [0.4, 0.5) is 0 Å². The summed E-state index contributed by atoms with van der Waals surface area (Å²) < 4.78 is 17.8. The van der Waals surface area contributed by atoms with Crippen LogP contribution in [0, 0.1) is 0 Å². The average Bonchev–Trinajstić information content (AvgIpc) is 3.08. The summed E-state index contributed by atoms with van der Waals surface area (Å²) in [6, 6.07) is 5.14. The zero-order chi connectivity index (χ0) is 13.1. The normalized spacial score (nSPS) is 12.4. The summed E-state index contributed by atoms with van der Waals surface area (Å²) in [5.74, 6) is 1.66. The van der Waals surface area contributed by atoms with E-state index in [4.69, 9.17) is 14.2 Å². The molecule has 0 amide bonds. The van der Waals surface area contributed by atoms with Gasteiger partial charge in [0.2, 0.25) is 6.79 Å². The van der Waals surface area contributed by atoms with E-state index in [0.29, 0.717) is 36.0 Å². The predicted octanol–water partition coefficient (Wildman–Crippen LogP) is 1.50. The molecule has 0 bridgehead atoms. The lowest BCUT2D eigenvalue weighted by Gasteiger charge is -2.09. The van der Waals surface area contributed by atoms with Gasteiger partial charge in [0.05, 0.1) is 12.1 Å². The second-order valence-corrected chi connectivity index (χ2v) is 3.98. The second-order valence-electron chi connectivity index (χ2n) is 3.98. The van der Waals surface area contributed by atoms with E-state index in [1.807, 2.05) is 12.3 Å². The molecule has 0 radical (unpaired) electrons. The number of hydrogen-bond donors (Lipinski definition) is 0. The molecule has 0 N–H and O–H groups in total. The van der Waals surface area contributed by atoms with E-state index in [-0.39, 0.29) is 6.79 Å². The number of aromatic nitrogens is 2. The molecule has 0 spiro atoms. The Morgan fingerprint density at radius 3 is 2.95 bits per heavy atom. The molecule has 6 nitrogen and oxygen atoms in total. The van der Waals surface area contributed by atoms with E-state index < -0.39 is 0 Å². The minimum Gasteiger partial charge on any atom is -0.491 e. The molecule has 0 atom stereocenters. The van der Waals surface area contributed by atoms with Crippen LogP contribution in [0.3, 0.4) is 0 Å². The van der Waals surface area contributed by atoms with Crippen LogP contribution in [0.15, 0.2) is 30.6 Å². The predicted molar refractivity (Wildman–Crippen MR) is 65.7 cm³/mol. The van der Waals surface area contributed by atoms with Crippen molar-refractivity contribution in [3.63, 3.8) is 0 Å². The third-order valence-corrected chi connectivity index (χ3v) is 2.77. The summed E-state index contributed by atoms with van der Waals surface area (Å²) in [7, 11) is 0. The van der Waals surface area contributed by atoms with Gasteiger partial charge in [-0.3, -0.25) is 9.48 Å². The maximum absolute atomic E-state index is 11.0. The van der Waals surface area contributed by atoms with Gasteiger partial charge in [0.1, 0.15) is 12.4 Å². The van der Waals surface area contributed by atoms with Crippen molar-refractivity contribution in [1.82, 2.24) is 9.78 Å². The fraction of sp³-hybridized carbons (Fsp3) is 0.231. The highest BCUT2D eigenvalue weighted by Gasteiger charge is 2.17. The first-order chi connectivity index (χ1) is 9.36. The van der Waals surface area contributed by atoms with Crippen molar-refractivity contribution in [1.29, 1.82) is 0 Å². The first-order valence-electron chi connectivity index (χ1n) is 5.86. The molecule has 0 saturated carbocycles. The Morgan fingerprint density at radius 2 is 2.21 bits per heavy atom. The van der Waals surface area contributed by atoms with Gasteiger partial charge in [-0.25, -0.2) is 0 Å². The molecule has 2 heterocycles. The number of aldehydes is 1. The van der Waals surface area contributed by atoms with Gasteiger partial charge in [-0.05, 0) is 12.1 Å². The number of benzene rings is 1. The molecule has 0 fully saturated rings. The van der Waals surface area contributed by atoms with Crippen molar-refractivity contribution in [2.45, 2.75) is 6.54 Å². The molecule has 6 heteroatoms. The number of fused-ring (bicyclic) bond motifs is 1. The molecule has 2 aromatic rings. The number of rotatable bonds is 5. The summed E-state index contributed by atoms with van der Waals surface area (Å²) in [5.41, 5.74) is 0.449. The van der Waals surface area contributed by atoms with Crippen LogP contribution in [0.2, 0.25) is 0 Å². The first-order valence-corrected chi connectivity index (χ1v) is 5.86. The molecule has 3 rings (SSSR count). The maximum Gasteiger partial charge on any atom is 0.231 e. The monoisotopic (exact) mass is 260 g/mol. The molecule has 98 valence electrons. The summed E-state index contributed by atoms with van der Waals surface area (Å²) in [4.78, 5) is 11.0. The number of carbonyl (C=O) groups is 1. The van der Waals surface area contributed by atoms with E-state index >= 15 is 0 Å². The van der Waals surface area contributed by atoms with E-state index in [0.717, 1.165) is 6.29 Å². The highest BCUT2D eigenvalue weighted by Crippen LogP contribution is 2.37. The fourth-order valence-electron chi connectivity index (χ4n) is 1.84. The SMILES string of the molecule is O=Cc1cc2c(cc1OCCn1cccn1)OCO2. The Labute approximate surface area is 109 Å². The van der Waals surface area contributed by atoms with Crippen LogP contribution in [0.25, 0.3) is 0 Å². The topological polar surface area (TPSA) is 62.6 Å². The van der Waals surface area contributed by atoms with Crippen LogP contribution < -0.4 is 14.2 Å². The lowest BCUT2D eigenvalue weighted by atomic mass is 10.2. The van der Waals surface area contributed by atoms with Gasteiger partial charge < -0.3 is 14.2 Å². The molecule has 1 aliphatic heterocycles. The van der Waals surface area contributed by atoms with Gasteiger partial charge in [-0.2, -0.15) is 5.10 Å². The molecule has 1 aromatic carbocycles. The number of ether oxygens (including phenoxy) is 3. The first kappa shape index (κ1) is 11.6. The van der Waals surface area contributed by atoms with Crippen LogP contribution in [0.1, 0.15) is 10.4 Å². The minimum atomic E-state index is 0.171. The van der Waals surface area contributed by atoms with Gasteiger partial charge in [0.25, 0.3) is 0 Å². The third-order valence-electron chi connectivity index (χ3n) is 2.77. The van der Waals surface area contributed by atoms with Crippen molar-refractivity contribution in [2.75, 3.05) is 13.4 Å². The third kappa shape index (κ3) is 2.37. The summed E-state index contributed by atoms with van der Waals surface area (Å²) in [6.45, 7) is 1.20.